The summed E-state index contributed by atoms with van der Waals surface area (Å²) in [5, 5.41) is 2.74. The van der Waals surface area contributed by atoms with Gasteiger partial charge in [0.15, 0.2) is 0 Å². The maximum Gasteiger partial charge on any atom is 0.261 e. The summed E-state index contributed by atoms with van der Waals surface area (Å²) in [5.74, 6) is -0.293. The molecule has 5 nitrogen and oxygen atoms in total. The lowest BCUT2D eigenvalue weighted by Gasteiger charge is -2.18. The molecule has 3 aromatic rings. The van der Waals surface area contributed by atoms with E-state index in [1.807, 2.05) is 31.2 Å². The van der Waals surface area contributed by atoms with Crippen molar-refractivity contribution < 1.29 is 13.2 Å². The minimum absolute atomic E-state index is 0.0781. The highest BCUT2D eigenvalue weighted by atomic mass is 32.2. The van der Waals surface area contributed by atoms with Gasteiger partial charge in [-0.3, -0.25) is 9.52 Å². The van der Waals surface area contributed by atoms with E-state index in [-0.39, 0.29) is 16.2 Å². The average molecular weight is 449 g/mol. The number of para-hydroxylation sites is 1. The van der Waals surface area contributed by atoms with Crippen LogP contribution in [0.5, 0.6) is 0 Å². The third-order valence-electron chi connectivity index (χ3n) is 5.03. The number of aryl methyl sites for hydroxylation is 1. The van der Waals surface area contributed by atoms with Gasteiger partial charge < -0.3 is 5.32 Å². The highest BCUT2D eigenvalue weighted by Gasteiger charge is 2.15. The topological polar surface area (TPSA) is 75.3 Å². The summed E-state index contributed by atoms with van der Waals surface area (Å²) in [5.41, 5.74) is 4.11. The van der Waals surface area contributed by atoms with Crippen LogP contribution in [0.1, 0.15) is 37.5 Å². The summed E-state index contributed by atoms with van der Waals surface area (Å²) >= 11 is 0. The lowest BCUT2D eigenvalue weighted by molar-refractivity contribution is -0.111. The Labute approximate surface area is 190 Å². The van der Waals surface area contributed by atoms with Crippen LogP contribution in [-0.2, 0) is 20.2 Å². The van der Waals surface area contributed by atoms with E-state index in [2.05, 4.69) is 42.9 Å². The molecule has 0 spiro atoms. The summed E-state index contributed by atoms with van der Waals surface area (Å²) in [6.07, 6.45) is 3.20. The van der Waals surface area contributed by atoms with E-state index < -0.39 is 10.0 Å². The predicted octanol–water partition coefficient (Wildman–Crippen LogP) is 5.75. The van der Waals surface area contributed by atoms with Gasteiger partial charge in [0.2, 0.25) is 5.91 Å². The van der Waals surface area contributed by atoms with Gasteiger partial charge in [0.05, 0.1) is 10.6 Å². The van der Waals surface area contributed by atoms with Crippen molar-refractivity contribution >= 4 is 33.4 Å². The van der Waals surface area contributed by atoms with Crippen LogP contribution in [0.4, 0.5) is 11.4 Å². The zero-order valence-electron chi connectivity index (χ0n) is 18.7. The largest absolute Gasteiger partial charge is 0.323 e. The number of carbonyl (C=O) groups is 1. The predicted molar refractivity (Wildman–Crippen MR) is 131 cm³/mol. The maximum absolute atomic E-state index is 12.6. The molecule has 0 saturated heterocycles. The van der Waals surface area contributed by atoms with Gasteiger partial charge in [0, 0.05) is 11.8 Å². The quantitative estimate of drug-likeness (QED) is 0.472. The van der Waals surface area contributed by atoms with Gasteiger partial charge >= 0.3 is 0 Å². The zero-order chi connectivity index (χ0) is 23.4. The third-order valence-corrected chi connectivity index (χ3v) is 6.41. The monoisotopic (exact) mass is 448 g/mol. The minimum Gasteiger partial charge on any atom is -0.323 e. The van der Waals surface area contributed by atoms with Gasteiger partial charge in [-0.2, -0.15) is 0 Å². The van der Waals surface area contributed by atoms with E-state index in [4.69, 9.17) is 0 Å². The number of carbonyl (C=O) groups excluding carboxylic acids is 1. The lowest BCUT2D eigenvalue weighted by atomic mass is 9.87. The fraction of sp³-hybridized carbons (Fsp3) is 0.192. The molecule has 32 heavy (non-hydrogen) atoms. The molecule has 0 radical (unpaired) electrons. The molecule has 0 aliphatic heterocycles. The second-order valence-electron chi connectivity index (χ2n) is 8.64. The number of benzene rings is 3. The van der Waals surface area contributed by atoms with Gasteiger partial charge in [-0.25, -0.2) is 8.42 Å². The lowest BCUT2D eigenvalue weighted by Crippen LogP contribution is -2.14. The molecule has 0 aliphatic carbocycles. The molecule has 0 aliphatic rings. The van der Waals surface area contributed by atoms with Crippen LogP contribution < -0.4 is 10.0 Å². The van der Waals surface area contributed by atoms with E-state index in [0.717, 1.165) is 11.1 Å². The molecule has 6 heteroatoms. The molecule has 0 atom stereocenters. The Hall–Kier alpha value is -3.38. The Kier molecular flexibility index (Phi) is 6.84. The van der Waals surface area contributed by atoms with Gasteiger partial charge in [-0.05, 0) is 65.4 Å². The summed E-state index contributed by atoms with van der Waals surface area (Å²) in [6, 6.07) is 21.3. The second-order valence-corrected chi connectivity index (χ2v) is 10.3. The molecule has 166 valence electrons. The molecule has 1 amide bonds. The van der Waals surface area contributed by atoms with Gasteiger partial charge in [0.25, 0.3) is 10.0 Å². The van der Waals surface area contributed by atoms with E-state index in [9.17, 15) is 13.2 Å². The van der Waals surface area contributed by atoms with Crippen molar-refractivity contribution in [1.29, 1.82) is 0 Å². The van der Waals surface area contributed by atoms with Crippen molar-refractivity contribution in [3.8, 4) is 0 Å². The average Bonchev–Trinajstić information content (AvgIpc) is 2.74. The standard InChI is InChI=1S/C26H28N2O3S/c1-19-7-5-6-8-24(19)28-32(30,31)23-16-14-22(15-17-23)27-25(29)18-11-20-9-12-21(13-10-20)26(2,3)4/h5-18,28H,1-4H3,(H,27,29)/b18-11+. The van der Waals surface area contributed by atoms with E-state index in [0.29, 0.717) is 11.4 Å². The molecule has 0 fully saturated rings. The maximum atomic E-state index is 12.6. The molecule has 0 bridgehead atoms. The van der Waals surface area contributed by atoms with E-state index in [1.165, 1.54) is 23.8 Å². The van der Waals surface area contributed by atoms with Crippen LogP contribution in [0.3, 0.4) is 0 Å². The van der Waals surface area contributed by atoms with Crippen molar-refractivity contribution in [2.75, 3.05) is 10.0 Å². The Morgan fingerprint density at radius 1 is 0.875 bits per heavy atom. The number of sulfonamides is 1. The summed E-state index contributed by atoms with van der Waals surface area (Å²) in [4.78, 5) is 12.4. The van der Waals surface area contributed by atoms with Gasteiger partial charge in [0.1, 0.15) is 0 Å². The van der Waals surface area contributed by atoms with Crippen LogP contribution in [-0.4, -0.2) is 14.3 Å². The zero-order valence-corrected chi connectivity index (χ0v) is 19.5. The van der Waals surface area contributed by atoms with Crippen molar-refractivity contribution in [2.24, 2.45) is 0 Å². The van der Waals surface area contributed by atoms with Crippen molar-refractivity contribution in [1.82, 2.24) is 0 Å². The second kappa shape index (κ2) is 9.40. The van der Waals surface area contributed by atoms with Crippen LogP contribution in [0.15, 0.2) is 83.8 Å². The molecule has 2 N–H and O–H groups in total. The normalized spacial score (nSPS) is 12.0. The van der Waals surface area contributed by atoms with Crippen molar-refractivity contribution in [3.63, 3.8) is 0 Å². The Balaban J connectivity index is 1.63. The van der Waals surface area contributed by atoms with Crippen LogP contribution in [0, 0.1) is 6.92 Å². The number of hydrogen-bond acceptors (Lipinski definition) is 3. The molecular formula is C26H28N2O3S. The Bertz CT molecular complexity index is 1220. The van der Waals surface area contributed by atoms with Gasteiger partial charge in [-0.15, -0.1) is 0 Å². The van der Waals surface area contributed by atoms with E-state index >= 15 is 0 Å². The van der Waals surface area contributed by atoms with Crippen molar-refractivity contribution in [3.05, 3.63) is 95.6 Å². The summed E-state index contributed by atoms with van der Waals surface area (Å²) < 4.78 is 27.8. The number of rotatable bonds is 6. The fourth-order valence-electron chi connectivity index (χ4n) is 3.06. The van der Waals surface area contributed by atoms with Crippen LogP contribution >= 0.6 is 0 Å². The highest BCUT2D eigenvalue weighted by Crippen LogP contribution is 2.23. The molecule has 0 aromatic heterocycles. The van der Waals surface area contributed by atoms with Crippen LogP contribution in [0.2, 0.25) is 0 Å². The number of nitrogens with one attached hydrogen (secondary N) is 2. The minimum atomic E-state index is -3.72. The third kappa shape index (κ3) is 6.08. The summed E-state index contributed by atoms with van der Waals surface area (Å²) in [6.45, 7) is 8.30. The fourth-order valence-corrected chi connectivity index (χ4v) is 4.19. The summed E-state index contributed by atoms with van der Waals surface area (Å²) in [7, 11) is -3.72. The Morgan fingerprint density at radius 2 is 1.50 bits per heavy atom. The molecule has 0 unspecified atom stereocenters. The smallest absolute Gasteiger partial charge is 0.261 e. The molecule has 0 heterocycles. The Morgan fingerprint density at radius 3 is 2.09 bits per heavy atom. The van der Waals surface area contributed by atoms with E-state index in [1.54, 1.807) is 30.3 Å². The number of anilines is 2. The first-order valence-corrected chi connectivity index (χ1v) is 11.8. The number of hydrogen-bond donors (Lipinski definition) is 2. The highest BCUT2D eigenvalue weighted by molar-refractivity contribution is 7.92. The molecule has 3 rings (SSSR count). The van der Waals surface area contributed by atoms with Crippen LogP contribution in [0.25, 0.3) is 6.08 Å². The molecule has 0 saturated carbocycles. The molecular weight excluding hydrogens is 420 g/mol. The first-order chi connectivity index (χ1) is 15.0. The van der Waals surface area contributed by atoms with Crippen molar-refractivity contribution in [2.45, 2.75) is 38.0 Å². The first kappa shape index (κ1) is 23.3. The first-order valence-electron chi connectivity index (χ1n) is 10.3. The number of amides is 1. The SMILES string of the molecule is Cc1ccccc1NS(=O)(=O)c1ccc(NC(=O)/C=C/c2ccc(C(C)(C)C)cc2)cc1. The van der Waals surface area contributed by atoms with Gasteiger partial charge in [-0.1, -0.05) is 63.2 Å². The molecule has 3 aromatic carbocycles.